The average molecular weight is 284 g/mol. The van der Waals surface area contributed by atoms with E-state index < -0.39 is 9.84 Å². The summed E-state index contributed by atoms with van der Waals surface area (Å²) in [6.45, 7) is 0. The van der Waals surface area contributed by atoms with Gasteiger partial charge in [-0.2, -0.15) is 0 Å². The summed E-state index contributed by atoms with van der Waals surface area (Å²) in [6, 6.07) is 7.41. The van der Waals surface area contributed by atoms with Crippen molar-refractivity contribution in [3.8, 4) is 0 Å². The Morgan fingerprint density at radius 3 is 2.56 bits per heavy atom. The van der Waals surface area contributed by atoms with Crippen molar-refractivity contribution in [1.82, 2.24) is 0 Å². The highest BCUT2D eigenvalue weighted by Gasteiger charge is 2.24. The molecular weight excluding hydrogens is 268 g/mol. The maximum atomic E-state index is 11.5. The molecule has 1 aliphatic heterocycles. The van der Waals surface area contributed by atoms with E-state index in [9.17, 15) is 8.42 Å². The SMILES string of the molecule is NC(=S)c1ccc(NC2CCCS(=O)(=O)C2)cc1. The minimum atomic E-state index is -2.88. The van der Waals surface area contributed by atoms with Gasteiger partial charge in [-0.15, -0.1) is 0 Å². The van der Waals surface area contributed by atoms with E-state index in [4.69, 9.17) is 18.0 Å². The van der Waals surface area contributed by atoms with Gasteiger partial charge in [0.25, 0.3) is 0 Å². The van der Waals surface area contributed by atoms with Crippen LogP contribution in [0.4, 0.5) is 5.69 Å². The molecular formula is C12H16N2O2S2. The Morgan fingerprint density at radius 2 is 2.00 bits per heavy atom. The highest BCUT2D eigenvalue weighted by molar-refractivity contribution is 7.91. The van der Waals surface area contributed by atoms with Crippen molar-refractivity contribution in [3.05, 3.63) is 29.8 Å². The third kappa shape index (κ3) is 3.43. The van der Waals surface area contributed by atoms with Crippen molar-refractivity contribution in [1.29, 1.82) is 0 Å². The van der Waals surface area contributed by atoms with Crippen LogP contribution in [0.2, 0.25) is 0 Å². The van der Waals surface area contributed by atoms with E-state index in [1.807, 2.05) is 24.3 Å². The molecule has 0 spiro atoms. The normalized spacial score (nSPS) is 22.3. The lowest BCUT2D eigenvalue weighted by atomic mass is 10.1. The smallest absolute Gasteiger partial charge is 0.152 e. The first kappa shape index (κ1) is 13.3. The molecule has 0 bridgehead atoms. The van der Waals surface area contributed by atoms with Gasteiger partial charge in [0.15, 0.2) is 9.84 Å². The first-order valence-electron chi connectivity index (χ1n) is 5.83. The number of anilines is 1. The zero-order valence-corrected chi connectivity index (χ0v) is 11.6. The molecule has 98 valence electrons. The highest BCUT2D eigenvalue weighted by Crippen LogP contribution is 2.18. The molecule has 1 heterocycles. The quantitative estimate of drug-likeness (QED) is 0.819. The van der Waals surface area contributed by atoms with Gasteiger partial charge in [-0.25, -0.2) is 8.42 Å². The maximum absolute atomic E-state index is 11.5. The highest BCUT2D eigenvalue weighted by atomic mass is 32.2. The minimum absolute atomic E-state index is 0.000530. The molecule has 6 heteroatoms. The van der Waals surface area contributed by atoms with Crippen LogP contribution in [-0.4, -0.2) is 31.0 Å². The second kappa shape index (κ2) is 5.24. The van der Waals surface area contributed by atoms with Gasteiger partial charge in [-0.05, 0) is 37.1 Å². The van der Waals surface area contributed by atoms with Gasteiger partial charge < -0.3 is 11.1 Å². The van der Waals surface area contributed by atoms with E-state index >= 15 is 0 Å². The molecule has 1 aromatic carbocycles. The molecule has 1 aromatic rings. The monoisotopic (exact) mass is 284 g/mol. The molecule has 3 N–H and O–H groups in total. The van der Waals surface area contributed by atoms with E-state index in [1.165, 1.54) is 0 Å². The van der Waals surface area contributed by atoms with Crippen molar-refractivity contribution < 1.29 is 8.42 Å². The fraction of sp³-hybridized carbons (Fsp3) is 0.417. The Hall–Kier alpha value is -1.14. The Bertz CT molecular complexity index is 538. The lowest BCUT2D eigenvalue weighted by Crippen LogP contribution is -2.34. The zero-order chi connectivity index (χ0) is 13.2. The van der Waals surface area contributed by atoms with Crippen molar-refractivity contribution >= 4 is 32.7 Å². The predicted molar refractivity (Wildman–Crippen MR) is 77.6 cm³/mol. The summed E-state index contributed by atoms with van der Waals surface area (Å²) in [6.07, 6.45) is 1.61. The summed E-state index contributed by atoms with van der Waals surface area (Å²) in [7, 11) is -2.88. The molecule has 1 aliphatic rings. The molecule has 0 aromatic heterocycles. The molecule has 0 saturated carbocycles. The molecule has 0 amide bonds. The van der Waals surface area contributed by atoms with Gasteiger partial charge in [-0.1, -0.05) is 12.2 Å². The van der Waals surface area contributed by atoms with Gasteiger partial charge in [-0.3, -0.25) is 0 Å². The molecule has 1 unspecified atom stereocenters. The van der Waals surface area contributed by atoms with Crippen molar-refractivity contribution in [2.75, 3.05) is 16.8 Å². The number of thiocarbonyl (C=S) groups is 1. The number of rotatable bonds is 3. The van der Waals surface area contributed by atoms with Gasteiger partial charge in [0, 0.05) is 17.3 Å². The first-order chi connectivity index (χ1) is 8.46. The molecule has 4 nitrogen and oxygen atoms in total. The van der Waals surface area contributed by atoms with E-state index in [1.54, 1.807) is 0 Å². The second-order valence-corrected chi connectivity index (χ2v) is 7.21. The molecule has 18 heavy (non-hydrogen) atoms. The topological polar surface area (TPSA) is 72.2 Å². The Balaban J connectivity index is 2.03. The average Bonchev–Trinajstić information content (AvgIpc) is 2.28. The summed E-state index contributed by atoms with van der Waals surface area (Å²) in [5.74, 6) is 0.523. The van der Waals surface area contributed by atoms with Crippen LogP contribution in [0.25, 0.3) is 0 Å². The standard InChI is InChI=1S/C12H16N2O2S2/c13-12(17)9-3-5-10(6-4-9)14-11-2-1-7-18(15,16)8-11/h3-6,11,14H,1-2,7-8H2,(H2,13,17). The van der Waals surface area contributed by atoms with E-state index in [0.717, 1.165) is 24.1 Å². The minimum Gasteiger partial charge on any atom is -0.389 e. The fourth-order valence-electron chi connectivity index (χ4n) is 2.10. The van der Waals surface area contributed by atoms with Crippen LogP contribution in [0.3, 0.4) is 0 Å². The van der Waals surface area contributed by atoms with Crippen LogP contribution in [0, 0.1) is 0 Å². The van der Waals surface area contributed by atoms with Gasteiger partial charge >= 0.3 is 0 Å². The zero-order valence-electron chi connectivity index (χ0n) is 9.93. The summed E-state index contributed by atoms with van der Waals surface area (Å²) in [4.78, 5) is 0.363. The number of nitrogens with one attached hydrogen (secondary N) is 1. The summed E-state index contributed by atoms with van der Waals surface area (Å²) < 4.78 is 23.0. The largest absolute Gasteiger partial charge is 0.389 e. The van der Waals surface area contributed by atoms with Crippen molar-refractivity contribution in [3.63, 3.8) is 0 Å². The Kier molecular flexibility index (Phi) is 3.87. The Morgan fingerprint density at radius 1 is 1.33 bits per heavy atom. The number of hydrogen-bond donors (Lipinski definition) is 2. The van der Waals surface area contributed by atoms with E-state index in [0.29, 0.717) is 10.7 Å². The van der Waals surface area contributed by atoms with Crippen LogP contribution in [-0.2, 0) is 9.84 Å². The molecule has 0 aliphatic carbocycles. The van der Waals surface area contributed by atoms with Gasteiger partial charge in [0.05, 0.1) is 11.5 Å². The van der Waals surface area contributed by atoms with Crippen molar-refractivity contribution in [2.45, 2.75) is 18.9 Å². The maximum Gasteiger partial charge on any atom is 0.152 e. The summed E-state index contributed by atoms with van der Waals surface area (Å²) in [5.41, 5.74) is 7.23. The number of nitrogens with two attached hydrogens (primary N) is 1. The molecule has 1 saturated heterocycles. The van der Waals surface area contributed by atoms with Crippen LogP contribution >= 0.6 is 12.2 Å². The first-order valence-corrected chi connectivity index (χ1v) is 8.06. The van der Waals surface area contributed by atoms with Crippen molar-refractivity contribution in [2.24, 2.45) is 5.73 Å². The van der Waals surface area contributed by atoms with Crippen LogP contribution < -0.4 is 11.1 Å². The van der Waals surface area contributed by atoms with Gasteiger partial charge in [0.1, 0.15) is 4.99 Å². The summed E-state index contributed by atoms with van der Waals surface area (Å²) >= 11 is 4.87. The predicted octanol–water partition coefficient (Wildman–Crippen LogP) is 1.31. The Labute approximate surface area is 112 Å². The third-order valence-corrected chi connectivity index (χ3v) is 5.06. The molecule has 1 atom stereocenters. The molecule has 2 rings (SSSR count). The van der Waals surface area contributed by atoms with Crippen LogP contribution in [0.5, 0.6) is 0 Å². The number of hydrogen-bond acceptors (Lipinski definition) is 4. The number of benzene rings is 1. The molecule has 1 fully saturated rings. The van der Waals surface area contributed by atoms with Crippen LogP contribution in [0.15, 0.2) is 24.3 Å². The number of sulfone groups is 1. The van der Waals surface area contributed by atoms with Gasteiger partial charge in [0.2, 0.25) is 0 Å². The second-order valence-electron chi connectivity index (χ2n) is 4.54. The molecule has 0 radical (unpaired) electrons. The fourth-order valence-corrected chi connectivity index (χ4v) is 3.88. The summed E-state index contributed by atoms with van der Waals surface area (Å²) in [5, 5.41) is 3.24. The third-order valence-electron chi connectivity index (χ3n) is 3.00. The lowest BCUT2D eigenvalue weighted by Gasteiger charge is -2.24. The van der Waals surface area contributed by atoms with E-state index in [-0.39, 0.29) is 11.8 Å². The lowest BCUT2D eigenvalue weighted by molar-refractivity contribution is 0.562. The van der Waals surface area contributed by atoms with E-state index in [2.05, 4.69) is 5.32 Å². The van der Waals surface area contributed by atoms with Crippen LogP contribution in [0.1, 0.15) is 18.4 Å².